The molecule has 0 unspecified atom stereocenters. The van der Waals surface area contributed by atoms with Crippen LogP contribution in [0.5, 0.6) is 0 Å². The van der Waals surface area contributed by atoms with E-state index < -0.39 is 18.3 Å². The molecule has 1 aromatic rings. The number of anilines is 1. The average molecular weight is 242 g/mol. The number of rotatable bonds is 3. The third kappa shape index (κ3) is 2.51. The molecular formula is C11H12F2N2O2. The normalized spacial score (nSPS) is 19.9. The van der Waals surface area contributed by atoms with E-state index in [1.165, 1.54) is 12.3 Å². The number of aromatic carboxylic acids is 1. The molecule has 1 saturated heterocycles. The minimum Gasteiger partial charge on any atom is -0.478 e. The summed E-state index contributed by atoms with van der Waals surface area (Å²) in [6.45, 7) is 0.811. The van der Waals surface area contributed by atoms with E-state index in [4.69, 9.17) is 5.11 Å². The Morgan fingerprint density at radius 3 is 2.76 bits per heavy atom. The van der Waals surface area contributed by atoms with E-state index in [9.17, 15) is 13.6 Å². The van der Waals surface area contributed by atoms with Crippen LogP contribution in [-0.2, 0) is 0 Å². The number of carboxylic acids is 1. The molecule has 0 amide bonds. The minimum atomic E-state index is -2.31. The zero-order chi connectivity index (χ0) is 12.4. The molecule has 0 radical (unpaired) electrons. The summed E-state index contributed by atoms with van der Waals surface area (Å²) in [7, 11) is 0. The van der Waals surface area contributed by atoms with Crippen molar-refractivity contribution in [2.45, 2.75) is 12.8 Å². The summed E-state index contributed by atoms with van der Waals surface area (Å²) >= 11 is 0. The van der Waals surface area contributed by atoms with Crippen molar-refractivity contribution >= 4 is 11.8 Å². The van der Waals surface area contributed by atoms with Crippen LogP contribution in [0.1, 0.15) is 16.8 Å². The Bertz CT molecular complexity index is 408. The van der Waals surface area contributed by atoms with Crippen LogP contribution in [0.4, 0.5) is 14.6 Å². The second-order valence-corrected chi connectivity index (χ2v) is 4.04. The lowest BCUT2D eigenvalue weighted by atomic mass is 10.1. The third-order valence-electron chi connectivity index (χ3n) is 2.90. The van der Waals surface area contributed by atoms with E-state index in [2.05, 4.69) is 4.98 Å². The standard InChI is InChI=1S/C11H12F2N2O2/c12-10(13)8-3-4-15(6-8)9-2-1-7(5-14-9)11(16)17/h1-2,5,8,10H,3-4,6H2,(H,16,17)/t8-/m1/s1. The Morgan fingerprint density at radius 1 is 1.53 bits per heavy atom. The molecule has 0 saturated carbocycles. The topological polar surface area (TPSA) is 53.4 Å². The summed E-state index contributed by atoms with van der Waals surface area (Å²) in [6, 6.07) is 2.98. The van der Waals surface area contributed by atoms with Gasteiger partial charge in [0.1, 0.15) is 5.82 Å². The van der Waals surface area contributed by atoms with Crippen molar-refractivity contribution in [1.82, 2.24) is 4.98 Å². The van der Waals surface area contributed by atoms with E-state index in [1.807, 2.05) is 0 Å². The molecule has 1 fully saturated rings. The Morgan fingerprint density at radius 2 is 2.29 bits per heavy atom. The Balaban J connectivity index is 2.06. The molecule has 2 heterocycles. The van der Waals surface area contributed by atoms with E-state index >= 15 is 0 Å². The first-order valence-electron chi connectivity index (χ1n) is 5.30. The highest BCUT2D eigenvalue weighted by Crippen LogP contribution is 2.26. The first-order valence-corrected chi connectivity index (χ1v) is 5.30. The van der Waals surface area contributed by atoms with Crippen molar-refractivity contribution in [3.8, 4) is 0 Å². The van der Waals surface area contributed by atoms with Crippen molar-refractivity contribution in [3.63, 3.8) is 0 Å². The van der Waals surface area contributed by atoms with Crippen molar-refractivity contribution in [2.24, 2.45) is 5.92 Å². The van der Waals surface area contributed by atoms with Gasteiger partial charge >= 0.3 is 5.97 Å². The van der Waals surface area contributed by atoms with Crippen LogP contribution >= 0.6 is 0 Å². The van der Waals surface area contributed by atoms with Gasteiger partial charge in [0, 0.05) is 25.2 Å². The molecule has 1 aliphatic rings. The average Bonchev–Trinajstić information content (AvgIpc) is 2.78. The molecule has 4 nitrogen and oxygen atoms in total. The maximum atomic E-state index is 12.5. The Labute approximate surface area is 96.9 Å². The maximum absolute atomic E-state index is 12.5. The van der Waals surface area contributed by atoms with E-state index in [1.54, 1.807) is 11.0 Å². The molecule has 17 heavy (non-hydrogen) atoms. The molecule has 1 atom stereocenters. The molecule has 1 aliphatic heterocycles. The van der Waals surface area contributed by atoms with Gasteiger partial charge in [-0.25, -0.2) is 18.6 Å². The number of carboxylic acid groups (broad SMARTS) is 1. The number of alkyl halides is 2. The summed E-state index contributed by atoms with van der Waals surface area (Å²) in [6.07, 6.45) is -0.619. The van der Waals surface area contributed by atoms with Gasteiger partial charge in [0.25, 0.3) is 0 Å². The van der Waals surface area contributed by atoms with Crippen LogP contribution in [0.3, 0.4) is 0 Å². The number of halogens is 2. The van der Waals surface area contributed by atoms with Gasteiger partial charge in [0.15, 0.2) is 0 Å². The summed E-state index contributed by atoms with van der Waals surface area (Å²) in [5, 5.41) is 8.70. The highest BCUT2D eigenvalue weighted by atomic mass is 19.3. The van der Waals surface area contributed by atoms with Gasteiger partial charge in [0.05, 0.1) is 5.56 Å². The SMILES string of the molecule is O=C(O)c1ccc(N2CC[C@@H](C(F)F)C2)nc1. The summed E-state index contributed by atoms with van der Waals surface area (Å²) in [5.41, 5.74) is 0.0957. The zero-order valence-corrected chi connectivity index (χ0v) is 9.01. The van der Waals surface area contributed by atoms with Crippen LogP contribution in [0.2, 0.25) is 0 Å². The fraction of sp³-hybridized carbons (Fsp3) is 0.455. The quantitative estimate of drug-likeness (QED) is 0.879. The van der Waals surface area contributed by atoms with Crippen molar-refractivity contribution in [3.05, 3.63) is 23.9 Å². The molecule has 0 spiro atoms. The highest BCUT2D eigenvalue weighted by Gasteiger charge is 2.30. The lowest BCUT2D eigenvalue weighted by Gasteiger charge is -2.17. The van der Waals surface area contributed by atoms with E-state index in [-0.39, 0.29) is 12.1 Å². The van der Waals surface area contributed by atoms with Gasteiger partial charge in [-0.3, -0.25) is 0 Å². The van der Waals surface area contributed by atoms with E-state index in [0.29, 0.717) is 18.8 Å². The maximum Gasteiger partial charge on any atom is 0.337 e. The first kappa shape index (κ1) is 11.8. The predicted molar refractivity (Wildman–Crippen MR) is 57.5 cm³/mol. The Hall–Kier alpha value is -1.72. The van der Waals surface area contributed by atoms with Crippen LogP contribution in [0.15, 0.2) is 18.3 Å². The van der Waals surface area contributed by atoms with Gasteiger partial charge in [-0.15, -0.1) is 0 Å². The zero-order valence-electron chi connectivity index (χ0n) is 9.01. The summed E-state index contributed by atoms with van der Waals surface area (Å²) in [4.78, 5) is 16.4. The lowest BCUT2D eigenvalue weighted by Crippen LogP contribution is -2.22. The molecule has 2 rings (SSSR count). The lowest BCUT2D eigenvalue weighted by molar-refractivity contribution is 0.0696. The fourth-order valence-corrected chi connectivity index (χ4v) is 1.90. The molecule has 0 aromatic carbocycles. The van der Waals surface area contributed by atoms with Crippen molar-refractivity contribution < 1.29 is 18.7 Å². The van der Waals surface area contributed by atoms with E-state index in [0.717, 1.165) is 0 Å². The number of pyridine rings is 1. The van der Waals surface area contributed by atoms with Crippen LogP contribution < -0.4 is 4.90 Å². The van der Waals surface area contributed by atoms with Crippen molar-refractivity contribution in [2.75, 3.05) is 18.0 Å². The molecule has 92 valence electrons. The number of aromatic nitrogens is 1. The number of hydrogen-bond donors (Lipinski definition) is 1. The molecular weight excluding hydrogens is 230 g/mol. The summed E-state index contributed by atoms with van der Waals surface area (Å²) in [5.74, 6) is -1.11. The van der Waals surface area contributed by atoms with Gasteiger partial charge in [0.2, 0.25) is 6.43 Å². The fourth-order valence-electron chi connectivity index (χ4n) is 1.90. The number of nitrogens with zero attached hydrogens (tertiary/aromatic N) is 2. The molecule has 1 aromatic heterocycles. The first-order chi connectivity index (χ1) is 8.08. The summed E-state index contributed by atoms with van der Waals surface area (Å²) < 4.78 is 24.9. The van der Waals surface area contributed by atoms with Crippen LogP contribution in [0, 0.1) is 5.92 Å². The van der Waals surface area contributed by atoms with Gasteiger partial charge in [-0.1, -0.05) is 0 Å². The molecule has 1 N–H and O–H groups in total. The largest absolute Gasteiger partial charge is 0.478 e. The van der Waals surface area contributed by atoms with Crippen LogP contribution in [-0.4, -0.2) is 35.6 Å². The molecule has 0 bridgehead atoms. The monoisotopic (exact) mass is 242 g/mol. The third-order valence-corrected chi connectivity index (χ3v) is 2.90. The van der Waals surface area contributed by atoms with Crippen LogP contribution in [0.25, 0.3) is 0 Å². The smallest absolute Gasteiger partial charge is 0.337 e. The second-order valence-electron chi connectivity index (χ2n) is 4.04. The molecule has 6 heteroatoms. The number of hydrogen-bond acceptors (Lipinski definition) is 3. The highest BCUT2D eigenvalue weighted by molar-refractivity contribution is 5.87. The predicted octanol–water partition coefficient (Wildman–Crippen LogP) is 1.87. The second kappa shape index (κ2) is 4.65. The minimum absolute atomic E-state index is 0.0957. The molecule has 0 aliphatic carbocycles. The van der Waals surface area contributed by atoms with Gasteiger partial charge < -0.3 is 10.0 Å². The number of carbonyl (C=O) groups is 1. The van der Waals surface area contributed by atoms with Gasteiger partial charge in [-0.05, 0) is 18.6 Å². The Kier molecular flexibility index (Phi) is 3.21. The van der Waals surface area contributed by atoms with Gasteiger partial charge in [-0.2, -0.15) is 0 Å². The van der Waals surface area contributed by atoms with Crippen molar-refractivity contribution in [1.29, 1.82) is 0 Å².